The molecule has 0 atom stereocenters. The van der Waals surface area contributed by atoms with E-state index in [2.05, 4.69) is 20.8 Å². The first-order chi connectivity index (χ1) is 10.2. The van der Waals surface area contributed by atoms with Crippen LogP contribution in [0.4, 0.5) is 0 Å². The molecule has 0 aliphatic rings. The second-order valence-electron chi connectivity index (χ2n) is 4.29. The molecule has 0 saturated heterocycles. The van der Waals surface area contributed by atoms with Crippen molar-refractivity contribution < 1.29 is 14.1 Å². The van der Waals surface area contributed by atoms with Crippen molar-refractivity contribution in [2.45, 2.75) is 13.3 Å². The summed E-state index contributed by atoms with van der Waals surface area (Å²) in [5.41, 5.74) is 0.721. The van der Waals surface area contributed by atoms with E-state index in [9.17, 15) is 9.59 Å². The van der Waals surface area contributed by atoms with Gasteiger partial charge in [0, 0.05) is 38.0 Å². The maximum Gasteiger partial charge on any atom is 0.273 e. The van der Waals surface area contributed by atoms with Gasteiger partial charge in [-0.15, -0.1) is 0 Å². The Morgan fingerprint density at radius 1 is 1.24 bits per heavy atom. The van der Waals surface area contributed by atoms with Crippen LogP contribution in [-0.2, 0) is 6.42 Å². The number of rotatable bonds is 6. The van der Waals surface area contributed by atoms with Crippen LogP contribution in [0, 0.1) is 0 Å². The topological polar surface area (TPSA) is 97.1 Å². The zero-order valence-electron chi connectivity index (χ0n) is 11.6. The number of carbonyl (C=O) groups is 2. The second-order valence-corrected chi connectivity index (χ2v) is 4.29. The number of pyridine rings is 1. The van der Waals surface area contributed by atoms with Gasteiger partial charge in [0.05, 0.1) is 5.56 Å². The molecule has 0 fully saturated rings. The van der Waals surface area contributed by atoms with Crippen molar-refractivity contribution >= 4 is 11.8 Å². The van der Waals surface area contributed by atoms with Crippen LogP contribution >= 0.6 is 0 Å². The van der Waals surface area contributed by atoms with E-state index in [0.717, 1.165) is 0 Å². The van der Waals surface area contributed by atoms with Crippen LogP contribution in [0.1, 0.15) is 33.5 Å². The average Bonchev–Trinajstić information content (AvgIpc) is 3.01. The van der Waals surface area contributed by atoms with E-state index in [-0.39, 0.29) is 17.5 Å². The highest BCUT2D eigenvalue weighted by molar-refractivity contribution is 5.94. The van der Waals surface area contributed by atoms with E-state index in [1.54, 1.807) is 24.4 Å². The molecule has 0 spiro atoms. The standard InChI is InChI=1S/C14H16N4O3/c1-2-11-8-12(18-21-11)14(20)17-7-6-16-13(19)10-4-3-5-15-9-10/h3-5,8-9H,2,6-7H2,1H3,(H,16,19)(H,17,20). The van der Waals surface area contributed by atoms with Crippen molar-refractivity contribution in [3.8, 4) is 0 Å². The Bertz CT molecular complexity index is 610. The minimum atomic E-state index is -0.325. The molecule has 2 aromatic rings. The molecule has 0 aliphatic heterocycles. The first-order valence-corrected chi connectivity index (χ1v) is 6.62. The lowest BCUT2D eigenvalue weighted by atomic mass is 10.3. The fourth-order valence-electron chi connectivity index (χ4n) is 1.63. The van der Waals surface area contributed by atoms with Gasteiger partial charge in [-0.05, 0) is 12.1 Å². The summed E-state index contributed by atoms with van der Waals surface area (Å²) in [4.78, 5) is 27.3. The predicted octanol–water partition coefficient (Wildman–Crippen LogP) is 0.792. The van der Waals surface area contributed by atoms with E-state index in [1.165, 1.54) is 6.20 Å². The molecule has 7 heteroatoms. The second kappa shape index (κ2) is 7.18. The van der Waals surface area contributed by atoms with Crippen LogP contribution in [0.25, 0.3) is 0 Å². The number of nitrogens with zero attached hydrogens (tertiary/aromatic N) is 2. The summed E-state index contributed by atoms with van der Waals surface area (Å²) in [6, 6.07) is 4.96. The molecule has 0 radical (unpaired) electrons. The first-order valence-electron chi connectivity index (χ1n) is 6.62. The van der Waals surface area contributed by atoms with Gasteiger partial charge in [0.1, 0.15) is 5.76 Å². The Labute approximate surface area is 121 Å². The Morgan fingerprint density at radius 2 is 2.00 bits per heavy atom. The van der Waals surface area contributed by atoms with Gasteiger partial charge < -0.3 is 15.2 Å². The largest absolute Gasteiger partial charge is 0.361 e. The number of aromatic nitrogens is 2. The van der Waals surface area contributed by atoms with Crippen molar-refractivity contribution in [1.82, 2.24) is 20.8 Å². The van der Waals surface area contributed by atoms with E-state index in [0.29, 0.717) is 30.8 Å². The highest BCUT2D eigenvalue weighted by Gasteiger charge is 2.11. The fourth-order valence-corrected chi connectivity index (χ4v) is 1.63. The Kier molecular flexibility index (Phi) is 5.03. The summed E-state index contributed by atoms with van der Waals surface area (Å²) in [5.74, 6) is 0.103. The third-order valence-corrected chi connectivity index (χ3v) is 2.76. The molecule has 2 rings (SSSR count). The van der Waals surface area contributed by atoms with Gasteiger partial charge in [0.25, 0.3) is 11.8 Å². The molecular formula is C14H16N4O3. The summed E-state index contributed by atoms with van der Waals surface area (Å²) in [6.45, 7) is 2.53. The molecule has 7 nitrogen and oxygen atoms in total. The van der Waals surface area contributed by atoms with Crippen molar-refractivity contribution in [2.75, 3.05) is 13.1 Å². The minimum Gasteiger partial charge on any atom is -0.361 e. The Balaban J connectivity index is 1.72. The number of aryl methyl sites for hydroxylation is 1. The number of carbonyl (C=O) groups excluding carboxylic acids is 2. The summed E-state index contributed by atoms with van der Waals surface area (Å²) in [6.07, 6.45) is 3.76. The molecular weight excluding hydrogens is 272 g/mol. The molecule has 110 valence electrons. The zero-order valence-corrected chi connectivity index (χ0v) is 11.6. The average molecular weight is 288 g/mol. The molecule has 0 saturated carbocycles. The summed E-state index contributed by atoms with van der Waals surface area (Å²) in [5, 5.41) is 9.00. The quantitative estimate of drug-likeness (QED) is 0.766. The predicted molar refractivity (Wildman–Crippen MR) is 74.8 cm³/mol. The Hall–Kier alpha value is -2.70. The molecule has 2 heterocycles. The van der Waals surface area contributed by atoms with Gasteiger partial charge in [-0.1, -0.05) is 12.1 Å². The third-order valence-electron chi connectivity index (χ3n) is 2.76. The maximum atomic E-state index is 11.7. The van der Waals surface area contributed by atoms with Crippen LogP contribution < -0.4 is 10.6 Å². The van der Waals surface area contributed by atoms with E-state index in [1.807, 2.05) is 6.92 Å². The number of hydrogen-bond acceptors (Lipinski definition) is 5. The molecule has 0 aliphatic carbocycles. The Morgan fingerprint density at radius 3 is 2.62 bits per heavy atom. The van der Waals surface area contributed by atoms with Crippen molar-refractivity contribution in [3.05, 3.63) is 47.6 Å². The fraction of sp³-hybridized carbons (Fsp3) is 0.286. The number of hydrogen-bond donors (Lipinski definition) is 2. The van der Waals surface area contributed by atoms with Gasteiger partial charge in [-0.3, -0.25) is 14.6 Å². The van der Waals surface area contributed by atoms with Crippen LogP contribution in [0.2, 0.25) is 0 Å². The summed E-state index contributed by atoms with van der Waals surface area (Å²) < 4.78 is 4.95. The van der Waals surface area contributed by atoms with Crippen LogP contribution in [0.15, 0.2) is 35.1 Å². The van der Waals surface area contributed by atoms with Crippen LogP contribution in [-0.4, -0.2) is 35.0 Å². The summed E-state index contributed by atoms with van der Waals surface area (Å²) in [7, 11) is 0. The van der Waals surface area contributed by atoms with Gasteiger partial charge >= 0.3 is 0 Å². The SMILES string of the molecule is CCc1cc(C(=O)NCCNC(=O)c2cccnc2)no1. The highest BCUT2D eigenvalue weighted by atomic mass is 16.5. The highest BCUT2D eigenvalue weighted by Crippen LogP contribution is 2.03. The van der Waals surface area contributed by atoms with Crippen molar-refractivity contribution in [1.29, 1.82) is 0 Å². The van der Waals surface area contributed by atoms with Gasteiger partial charge in [-0.25, -0.2) is 0 Å². The smallest absolute Gasteiger partial charge is 0.273 e. The minimum absolute atomic E-state index is 0.230. The van der Waals surface area contributed by atoms with Crippen molar-refractivity contribution in [3.63, 3.8) is 0 Å². The molecule has 2 aromatic heterocycles. The van der Waals surface area contributed by atoms with Crippen molar-refractivity contribution in [2.24, 2.45) is 0 Å². The first kappa shape index (κ1) is 14.7. The number of amides is 2. The lowest BCUT2D eigenvalue weighted by Crippen LogP contribution is -2.34. The third kappa shape index (κ3) is 4.13. The van der Waals surface area contributed by atoms with E-state index >= 15 is 0 Å². The molecule has 21 heavy (non-hydrogen) atoms. The van der Waals surface area contributed by atoms with Gasteiger partial charge in [0.15, 0.2) is 5.69 Å². The molecule has 0 unspecified atom stereocenters. The van der Waals surface area contributed by atoms with E-state index in [4.69, 9.17) is 4.52 Å². The van der Waals surface area contributed by atoms with Crippen LogP contribution in [0.5, 0.6) is 0 Å². The van der Waals surface area contributed by atoms with Gasteiger partial charge in [0.2, 0.25) is 0 Å². The molecule has 0 aromatic carbocycles. The number of nitrogens with one attached hydrogen (secondary N) is 2. The molecule has 2 amide bonds. The summed E-state index contributed by atoms with van der Waals surface area (Å²) >= 11 is 0. The molecule has 0 bridgehead atoms. The normalized spacial score (nSPS) is 10.1. The lowest BCUT2D eigenvalue weighted by Gasteiger charge is -2.05. The monoisotopic (exact) mass is 288 g/mol. The zero-order chi connectivity index (χ0) is 15.1. The van der Waals surface area contributed by atoms with Gasteiger partial charge in [-0.2, -0.15) is 0 Å². The van der Waals surface area contributed by atoms with Crippen LogP contribution in [0.3, 0.4) is 0 Å². The molecule has 2 N–H and O–H groups in total. The van der Waals surface area contributed by atoms with E-state index < -0.39 is 0 Å². The maximum absolute atomic E-state index is 11.7. The lowest BCUT2D eigenvalue weighted by molar-refractivity contribution is 0.0922.